The molecule has 2 N–H and O–H groups in total. The Kier molecular flexibility index (Phi) is 5.10. The molecule has 1 amide bonds. The molecule has 2 aliphatic rings. The Labute approximate surface area is 187 Å². The van der Waals surface area contributed by atoms with E-state index in [-0.39, 0.29) is 24.0 Å². The lowest BCUT2D eigenvalue weighted by Crippen LogP contribution is -2.67. The average molecular weight is 436 g/mol. The Morgan fingerprint density at radius 3 is 2.62 bits per heavy atom. The molecule has 1 saturated heterocycles. The van der Waals surface area contributed by atoms with Crippen LogP contribution in [0.2, 0.25) is 0 Å². The highest BCUT2D eigenvalue weighted by Gasteiger charge is 2.53. The molecule has 0 unspecified atom stereocenters. The Balaban J connectivity index is 1.61. The zero-order chi connectivity index (χ0) is 22.5. The van der Waals surface area contributed by atoms with Gasteiger partial charge in [0.05, 0.1) is 26.9 Å². The first kappa shape index (κ1) is 20.8. The topological polar surface area (TPSA) is 78.0 Å². The summed E-state index contributed by atoms with van der Waals surface area (Å²) in [5.74, 6) is 1.72. The first-order chi connectivity index (χ1) is 15.5. The van der Waals surface area contributed by atoms with Gasteiger partial charge in [0.2, 0.25) is 5.91 Å². The minimum Gasteiger partial charge on any atom is -0.497 e. The number of carbonyl (C=O) groups is 1. The van der Waals surface area contributed by atoms with Crippen molar-refractivity contribution in [2.45, 2.75) is 24.9 Å². The van der Waals surface area contributed by atoms with Crippen molar-refractivity contribution in [3.8, 4) is 11.5 Å². The highest BCUT2D eigenvalue weighted by atomic mass is 16.5. The van der Waals surface area contributed by atoms with Crippen molar-refractivity contribution in [3.05, 3.63) is 59.3 Å². The third kappa shape index (κ3) is 3.15. The summed E-state index contributed by atoms with van der Waals surface area (Å²) >= 11 is 0. The van der Waals surface area contributed by atoms with Gasteiger partial charge in [-0.15, -0.1) is 0 Å². The molecule has 0 bridgehead atoms. The monoisotopic (exact) mass is 435 g/mol. The Bertz CT molecular complexity index is 1170. The van der Waals surface area contributed by atoms with Crippen molar-refractivity contribution < 1.29 is 19.4 Å². The smallest absolute Gasteiger partial charge is 0.219 e. The van der Waals surface area contributed by atoms with Crippen LogP contribution < -0.4 is 9.47 Å². The Morgan fingerprint density at radius 1 is 1.16 bits per heavy atom. The summed E-state index contributed by atoms with van der Waals surface area (Å²) in [6.45, 7) is 4.38. The van der Waals surface area contributed by atoms with Crippen LogP contribution in [0.25, 0.3) is 10.9 Å². The number of methoxy groups -OCH3 is 2. The van der Waals surface area contributed by atoms with Gasteiger partial charge in [0.25, 0.3) is 0 Å². The number of amides is 1. The third-order valence-corrected chi connectivity index (χ3v) is 7.02. The molecule has 1 atom stereocenters. The van der Waals surface area contributed by atoms with E-state index in [1.54, 1.807) is 21.1 Å². The summed E-state index contributed by atoms with van der Waals surface area (Å²) in [6.07, 6.45) is 0. The van der Waals surface area contributed by atoms with Crippen molar-refractivity contribution in [2.24, 2.45) is 0 Å². The minimum absolute atomic E-state index is 0.00138. The van der Waals surface area contributed by atoms with Gasteiger partial charge < -0.3 is 24.5 Å². The van der Waals surface area contributed by atoms with E-state index in [1.807, 2.05) is 35.2 Å². The predicted molar refractivity (Wildman–Crippen MR) is 122 cm³/mol. The average Bonchev–Trinajstić information content (AvgIpc) is 3.15. The maximum Gasteiger partial charge on any atom is 0.219 e. The number of benzene rings is 2. The fourth-order valence-electron chi connectivity index (χ4n) is 5.50. The molecule has 1 spiro atoms. The van der Waals surface area contributed by atoms with Crippen LogP contribution in [0.15, 0.2) is 42.5 Å². The van der Waals surface area contributed by atoms with Gasteiger partial charge >= 0.3 is 0 Å². The maximum absolute atomic E-state index is 12.1. The van der Waals surface area contributed by atoms with Crippen molar-refractivity contribution in [2.75, 3.05) is 40.5 Å². The van der Waals surface area contributed by atoms with Crippen molar-refractivity contribution >= 4 is 16.8 Å². The number of ether oxygens (including phenoxy) is 2. The molecule has 1 aromatic heterocycles. The third-order valence-electron chi connectivity index (χ3n) is 7.02. The SMILES string of the molecule is COc1ccc2c3c([nH]c2c1)[C@@H](CO)N(Cc1ccccc1OC)CC31CN(C(C)=O)C1. The van der Waals surface area contributed by atoms with E-state index in [9.17, 15) is 9.90 Å². The number of rotatable bonds is 5. The van der Waals surface area contributed by atoms with E-state index in [4.69, 9.17) is 9.47 Å². The summed E-state index contributed by atoms with van der Waals surface area (Å²) < 4.78 is 11.0. The quantitative estimate of drug-likeness (QED) is 0.645. The van der Waals surface area contributed by atoms with Crippen LogP contribution in [0.1, 0.15) is 29.8 Å². The molecule has 2 aliphatic heterocycles. The molecule has 32 heavy (non-hydrogen) atoms. The van der Waals surface area contributed by atoms with E-state index < -0.39 is 0 Å². The van der Waals surface area contributed by atoms with Crippen LogP contribution >= 0.6 is 0 Å². The van der Waals surface area contributed by atoms with Gasteiger partial charge in [0, 0.05) is 66.7 Å². The molecule has 3 heterocycles. The fraction of sp³-hybridized carbons (Fsp3) is 0.400. The van der Waals surface area contributed by atoms with Gasteiger partial charge in [-0.1, -0.05) is 18.2 Å². The number of nitrogens with one attached hydrogen (secondary N) is 1. The van der Waals surface area contributed by atoms with E-state index in [2.05, 4.69) is 22.0 Å². The maximum atomic E-state index is 12.1. The zero-order valence-electron chi connectivity index (χ0n) is 18.7. The van der Waals surface area contributed by atoms with Crippen LogP contribution in [0, 0.1) is 0 Å². The molecular weight excluding hydrogens is 406 g/mol. The molecule has 7 nitrogen and oxygen atoms in total. The van der Waals surface area contributed by atoms with Crippen molar-refractivity contribution in [1.29, 1.82) is 0 Å². The number of carbonyl (C=O) groups excluding carboxylic acids is 1. The molecule has 0 radical (unpaired) electrons. The number of fused-ring (bicyclic) bond motifs is 4. The van der Waals surface area contributed by atoms with Crippen LogP contribution in [0.4, 0.5) is 0 Å². The lowest BCUT2D eigenvalue weighted by atomic mass is 9.68. The summed E-state index contributed by atoms with van der Waals surface area (Å²) in [5.41, 5.74) is 4.14. The number of aliphatic hydroxyl groups excluding tert-OH is 1. The molecule has 5 rings (SSSR count). The van der Waals surface area contributed by atoms with Gasteiger partial charge in [-0.05, 0) is 23.8 Å². The Hall–Kier alpha value is -3.03. The lowest BCUT2D eigenvalue weighted by molar-refractivity contribution is -0.138. The fourth-order valence-corrected chi connectivity index (χ4v) is 5.50. The van der Waals surface area contributed by atoms with Gasteiger partial charge in [0.15, 0.2) is 0 Å². The Morgan fingerprint density at radius 2 is 1.94 bits per heavy atom. The summed E-state index contributed by atoms with van der Waals surface area (Å²) in [4.78, 5) is 19.8. The number of aliphatic hydroxyl groups is 1. The first-order valence-electron chi connectivity index (χ1n) is 10.9. The number of aromatic amines is 1. The number of hydrogen-bond donors (Lipinski definition) is 2. The molecular formula is C25H29N3O4. The number of para-hydroxylation sites is 1. The van der Waals surface area contributed by atoms with Crippen molar-refractivity contribution in [3.63, 3.8) is 0 Å². The predicted octanol–water partition coefficient (Wildman–Crippen LogP) is 2.83. The van der Waals surface area contributed by atoms with Gasteiger partial charge in [-0.2, -0.15) is 0 Å². The molecule has 3 aromatic rings. The molecule has 7 heteroatoms. The number of nitrogens with zero attached hydrogens (tertiary/aromatic N) is 2. The second-order valence-electron chi connectivity index (χ2n) is 8.90. The number of likely N-dealkylation sites (tertiary alicyclic amines) is 1. The van der Waals surface area contributed by atoms with Crippen LogP contribution in [0.5, 0.6) is 11.5 Å². The molecule has 168 valence electrons. The highest BCUT2D eigenvalue weighted by molar-refractivity contribution is 5.88. The van der Waals surface area contributed by atoms with E-state index in [0.29, 0.717) is 19.6 Å². The normalized spacial score (nSPS) is 19.6. The zero-order valence-corrected chi connectivity index (χ0v) is 18.7. The van der Waals surface area contributed by atoms with Gasteiger partial charge in [-0.25, -0.2) is 0 Å². The lowest BCUT2D eigenvalue weighted by Gasteiger charge is -2.56. The van der Waals surface area contributed by atoms with Gasteiger partial charge in [0.1, 0.15) is 11.5 Å². The van der Waals surface area contributed by atoms with Crippen molar-refractivity contribution in [1.82, 2.24) is 14.8 Å². The van der Waals surface area contributed by atoms with Crippen LogP contribution in [0.3, 0.4) is 0 Å². The van der Waals surface area contributed by atoms with E-state index >= 15 is 0 Å². The van der Waals surface area contributed by atoms with E-state index in [0.717, 1.165) is 40.2 Å². The number of aromatic nitrogens is 1. The van der Waals surface area contributed by atoms with Gasteiger partial charge in [-0.3, -0.25) is 9.69 Å². The molecule has 0 saturated carbocycles. The van der Waals surface area contributed by atoms with Crippen LogP contribution in [-0.4, -0.2) is 66.3 Å². The second kappa shape index (κ2) is 7.83. The highest BCUT2D eigenvalue weighted by Crippen LogP contribution is 2.49. The summed E-state index contributed by atoms with van der Waals surface area (Å²) in [7, 11) is 3.34. The molecule has 0 aliphatic carbocycles. The number of hydrogen-bond acceptors (Lipinski definition) is 5. The number of H-pyrrole nitrogens is 1. The summed E-state index contributed by atoms with van der Waals surface area (Å²) in [5, 5.41) is 11.6. The first-order valence-corrected chi connectivity index (χ1v) is 10.9. The second-order valence-corrected chi connectivity index (χ2v) is 8.90. The van der Waals surface area contributed by atoms with E-state index in [1.165, 1.54) is 5.56 Å². The summed E-state index contributed by atoms with van der Waals surface area (Å²) in [6, 6.07) is 13.9. The minimum atomic E-state index is -0.179. The largest absolute Gasteiger partial charge is 0.497 e. The molecule has 1 fully saturated rings. The molecule has 2 aromatic carbocycles. The van der Waals surface area contributed by atoms with Crippen LogP contribution in [-0.2, 0) is 16.8 Å². The standard InChI is InChI=1S/C25H29N3O4/c1-16(30)28-14-25(15-28)13-27(11-17-6-4-5-7-22(17)32-3)21(12-29)24-23(25)19-9-8-18(31-2)10-20(19)26-24/h4-10,21,26,29H,11-15H2,1-3H3/t21-/m1/s1.